The van der Waals surface area contributed by atoms with E-state index in [4.69, 9.17) is 5.73 Å². The van der Waals surface area contributed by atoms with Gasteiger partial charge >= 0.3 is 0 Å². The molecule has 0 bridgehead atoms. The van der Waals surface area contributed by atoms with Crippen LogP contribution in [0.15, 0.2) is 24.5 Å². The van der Waals surface area contributed by atoms with E-state index in [0.29, 0.717) is 0 Å². The number of aryl methyl sites for hydroxylation is 1. The Kier molecular flexibility index (Phi) is 2.96. The lowest BCUT2D eigenvalue weighted by Crippen LogP contribution is -2.28. The molecule has 2 rings (SSSR count). The van der Waals surface area contributed by atoms with E-state index in [1.807, 2.05) is 19.3 Å². The van der Waals surface area contributed by atoms with Crippen LogP contribution in [0.3, 0.4) is 0 Å². The predicted octanol–water partition coefficient (Wildman–Crippen LogP) is 2.59. The molecule has 0 radical (unpaired) electrons. The maximum Gasteiger partial charge on any atom is 0.139 e. The van der Waals surface area contributed by atoms with Crippen molar-refractivity contribution in [2.45, 2.75) is 38.6 Å². The Labute approximate surface area is 103 Å². The van der Waals surface area contributed by atoms with Crippen molar-refractivity contribution in [2.24, 2.45) is 12.8 Å². The molecule has 0 saturated carbocycles. The highest BCUT2D eigenvalue weighted by Gasteiger charge is 2.26. The third kappa shape index (κ3) is 2.20. The van der Waals surface area contributed by atoms with Gasteiger partial charge in [-0.1, -0.05) is 13.8 Å². The Morgan fingerprint density at radius 2 is 2.18 bits per heavy atom. The van der Waals surface area contributed by atoms with E-state index in [9.17, 15) is 0 Å². The molecule has 0 fully saturated rings. The average Bonchev–Trinajstić information content (AvgIpc) is 2.56. The Hall–Kier alpha value is -1.35. The summed E-state index contributed by atoms with van der Waals surface area (Å²) in [5, 5.41) is 1.24. The Bertz CT molecular complexity index is 523. The fourth-order valence-corrected chi connectivity index (χ4v) is 2.67. The molecule has 3 nitrogen and oxygen atoms in total. The third-order valence-electron chi connectivity index (χ3n) is 3.30. The van der Waals surface area contributed by atoms with Crippen LogP contribution in [0.2, 0.25) is 0 Å². The van der Waals surface area contributed by atoms with Gasteiger partial charge in [0.2, 0.25) is 0 Å². The van der Waals surface area contributed by atoms with Crippen LogP contribution < -0.4 is 5.73 Å². The molecule has 2 N–H and O–H groups in total. The van der Waals surface area contributed by atoms with Gasteiger partial charge in [-0.2, -0.15) is 0 Å². The van der Waals surface area contributed by atoms with Crippen LogP contribution in [0.1, 0.15) is 32.8 Å². The molecule has 0 spiro atoms. The number of nitrogens with zero attached hydrogens (tertiary/aromatic N) is 2. The smallest absolute Gasteiger partial charge is 0.139 e. The second-order valence-electron chi connectivity index (χ2n) is 5.59. The van der Waals surface area contributed by atoms with Crippen LogP contribution in [0.5, 0.6) is 0 Å². The molecular formula is C14H21N3. The SMILES string of the molecule is CC(N)CC(C)(C)c1cn(C)c2ncccc12. The maximum absolute atomic E-state index is 5.94. The zero-order valence-corrected chi connectivity index (χ0v) is 11.1. The first kappa shape index (κ1) is 12.1. The number of hydrogen-bond donors (Lipinski definition) is 1. The van der Waals surface area contributed by atoms with Crippen LogP contribution in [0.25, 0.3) is 11.0 Å². The fraction of sp³-hybridized carbons (Fsp3) is 0.500. The number of rotatable bonds is 3. The summed E-state index contributed by atoms with van der Waals surface area (Å²) in [6.07, 6.45) is 4.99. The van der Waals surface area contributed by atoms with Gasteiger partial charge in [-0.3, -0.25) is 0 Å². The number of nitrogens with two attached hydrogens (primary N) is 1. The highest BCUT2D eigenvalue weighted by molar-refractivity contribution is 5.81. The van der Waals surface area contributed by atoms with E-state index in [0.717, 1.165) is 12.1 Å². The van der Waals surface area contributed by atoms with Crippen LogP contribution in [-0.2, 0) is 12.5 Å². The number of aromatic nitrogens is 2. The van der Waals surface area contributed by atoms with Crippen molar-refractivity contribution in [2.75, 3.05) is 0 Å². The van der Waals surface area contributed by atoms with Gasteiger partial charge in [-0.15, -0.1) is 0 Å². The molecular weight excluding hydrogens is 210 g/mol. The second kappa shape index (κ2) is 4.15. The summed E-state index contributed by atoms with van der Waals surface area (Å²) in [6, 6.07) is 4.34. The maximum atomic E-state index is 5.94. The minimum Gasteiger partial charge on any atom is -0.335 e. The second-order valence-corrected chi connectivity index (χ2v) is 5.59. The molecule has 3 heteroatoms. The van der Waals surface area contributed by atoms with Crippen molar-refractivity contribution in [3.05, 3.63) is 30.1 Å². The number of hydrogen-bond acceptors (Lipinski definition) is 2. The lowest BCUT2D eigenvalue weighted by molar-refractivity contribution is 0.439. The van der Waals surface area contributed by atoms with E-state index < -0.39 is 0 Å². The zero-order chi connectivity index (χ0) is 12.6. The third-order valence-corrected chi connectivity index (χ3v) is 3.30. The van der Waals surface area contributed by atoms with E-state index in [-0.39, 0.29) is 11.5 Å². The monoisotopic (exact) mass is 231 g/mol. The largest absolute Gasteiger partial charge is 0.335 e. The minimum atomic E-state index is 0.0801. The lowest BCUT2D eigenvalue weighted by atomic mass is 9.79. The van der Waals surface area contributed by atoms with Crippen molar-refractivity contribution < 1.29 is 0 Å². The van der Waals surface area contributed by atoms with Crippen LogP contribution >= 0.6 is 0 Å². The summed E-state index contributed by atoms with van der Waals surface area (Å²) in [5.41, 5.74) is 8.40. The Morgan fingerprint density at radius 3 is 2.82 bits per heavy atom. The lowest BCUT2D eigenvalue weighted by Gasteiger charge is -2.26. The molecule has 17 heavy (non-hydrogen) atoms. The quantitative estimate of drug-likeness (QED) is 0.882. The van der Waals surface area contributed by atoms with Crippen molar-refractivity contribution in [1.82, 2.24) is 9.55 Å². The summed E-state index contributed by atoms with van der Waals surface area (Å²) in [4.78, 5) is 4.43. The Morgan fingerprint density at radius 1 is 1.47 bits per heavy atom. The molecule has 0 aliphatic carbocycles. The van der Waals surface area contributed by atoms with Crippen LogP contribution in [0, 0.1) is 0 Å². The molecule has 0 saturated heterocycles. The summed E-state index contributed by atoms with van der Waals surface area (Å²) in [5.74, 6) is 0. The van der Waals surface area contributed by atoms with Gasteiger partial charge in [0.05, 0.1) is 0 Å². The molecule has 92 valence electrons. The molecule has 0 aliphatic rings. The molecule has 2 heterocycles. The summed E-state index contributed by atoms with van der Waals surface area (Å²) < 4.78 is 2.09. The first-order chi connectivity index (χ1) is 7.92. The summed E-state index contributed by atoms with van der Waals surface area (Å²) in [7, 11) is 2.04. The van der Waals surface area contributed by atoms with E-state index in [1.54, 1.807) is 0 Å². The van der Waals surface area contributed by atoms with Crippen LogP contribution in [-0.4, -0.2) is 15.6 Å². The fourth-order valence-electron chi connectivity index (χ4n) is 2.67. The van der Waals surface area contributed by atoms with Gasteiger partial charge in [0.15, 0.2) is 0 Å². The standard InChI is InChI=1S/C14H21N3/c1-10(15)8-14(2,3)12-9-17(4)13-11(12)6-5-7-16-13/h5-7,9-10H,8,15H2,1-4H3. The van der Waals surface area contributed by atoms with Crippen molar-refractivity contribution in [1.29, 1.82) is 0 Å². The Balaban J connectivity index is 2.55. The van der Waals surface area contributed by atoms with Gasteiger partial charge in [0, 0.05) is 30.9 Å². The van der Waals surface area contributed by atoms with Gasteiger partial charge < -0.3 is 10.3 Å². The first-order valence-electron chi connectivity index (χ1n) is 6.08. The molecule has 1 atom stereocenters. The van der Waals surface area contributed by atoms with Crippen molar-refractivity contribution >= 4 is 11.0 Å². The van der Waals surface area contributed by atoms with E-state index in [2.05, 4.69) is 42.6 Å². The van der Waals surface area contributed by atoms with Crippen molar-refractivity contribution in [3.63, 3.8) is 0 Å². The number of pyridine rings is 1. The van der Waals surface area contributed by atoms with Gasteiger partial charge in [-0.05, 0) is 36.5 Å². The minimum absolute atomic E-state index is 0.0801. The van der Waals surface area contributed by atoms with Gasteiger partial charge in [0.1, 0.15) is 5.65 Å². The highest BCUT2D eigenvalue weighted by Crippen LogP contribution is 2.33. The average molecular weight is 231 g/mol. The van der Waals surface area contributed by atoms with Crippen LogP contribution in [0.4, 0.5) is 0 Å². The normalized spacial score (nSPS) is 14.2. The van der Waals surface area contributed by atoms with Gasteiger partial charge in [0.25, 0.3) is 0 Å². The topological polar surface area (TPSA) is 43.8 Å². The van der Waals surface area contributed by atoms with Gasteiger partial charge in [-0.25, -0.2) is 4.98 Å². The first-order valence-corrected chi connectivity index (χ1v) is 6.08. The van der Waals surface area contributed by atoms with E-state index in [1.165, 1.54) is 10.9 Å². The number of fused-ring (bicyclic) bond motifs is 1. The summed E-state index contributed by atoms with van der Waals surface area (Å²) in [6.45, 7) is 6.56. The molecule has 1 unspecified atom stereocenters. The predicted molar refractivity (Wildman–Crippen MR) is 72.0 cm³/mol. The summed E-state index contributed by atoms with van der Waals surface area (Å²) >= 11 is 0. The zero-order valence-electron chi connectivity index (χ0n) is 11.1. The van der Waals surface area contributed by atoms with E-state index >= 15 is 0 Å². The molecule has 2 aromatic heterocycles. The molecule has 0 amide bonds. The molecule has 0 aromatic carbocycles. The molecule has 0 aliphatic heterocycles. The highest BCUT2D eigenvalue weighted by atomic mass is 15.0. The van der Waals surface area contributed by atoms with Crippen molar-refractivity contribution in [3.8, 4) is 0 Å². The molecule has 2 aromatic rings.